The molecule has 1 unspecified atom stereocenters. The van der Waals surface area contributed by atoms with E-state index in [9.17, 15) is 19.9 Å². The number of aliphatic hydroxyl groups is 1. The lowest BCUT2D eigenvalue weighted by Gasteiger charge is -2.33. The molecule has 0 saturated carbocycles. The van der Waals surface area contributed by atoms with Gasteiger partial charge in [0.05, 0.1) is 17.6 Å². The Bertz CT molecular complexity index is 706. The number of nitroso groups, excluding NO2 is 1. The molecule has 2 aliphatic rings. The first kappa shape index (κ1) is 18.4. The molecule has 3 rings (SSSR count). The van der Waals surface area contributed by atoms with E-state index >= 15 is 0 Å². The fraction of sp³-hybridized carbons (Fsp3) is 0.471. The Labute approximate surface area is 151 Å². The zero-order valence-corrected chi connectivity index (χ0v) is 14.4. The van der Waals surface area contributed by atoms with Crippen LogP contribution in [0.3, 0.4) is 0 Å². The molecule has 1 fully saturated rings. The Kier molecular flexibility index (Phi) is 5.58. The van der Waals surface area contributed by atoms with Gasteiger partial charge in [-0.2, -0.15) is 4.91 Å². The number of carboxylic acid groups (broad SMARTS) is 1. The van der Waals surface area contributed by atoms with Crippen LogP contribution in [0.4, 0.5) is 0 Å². The number of hydrogen-bond donors (Lipinski definition) is 3. The molecule has 8 nitrogen and oxygen atoms in total. The van der Waals surface area contributed by atoms with Gasteiger partial charge in [0.15, 0.2) is 0 Å². The monoisotopic (exact) mass is 359 g/mol. The molecule has 0 amide bonds. The number of fused-ring (bicyclic) bond motifs is 1. The molecule has 0 bridgehead atoms. The van der Waals surface area contributed by atoms with Gasteiger partial charge in [0.25, 0.3) is 0 Å². The van der Waals surface area contributed by atoms with Crippen molar-refractivity contribution >= 4 is 13.0 Å². The zero-order valence-electron chi connectivity index (χ0n) is 14.4. The summed E-state index contributed by atoms with van der Waals surface area (Å²) in [5.41, 5.74) is 1.48. The Morgan fingerprint density at radius 2 is 2.15 bits per heavy atom. The van der Waals surface area contributed by atoms with Gasteiger partial charge in [-0.3, -0.25) is 4.90 Å². The average molecular weight is 359 g/mol. The predicted molar refractivity (Wildman–Crippen MR) is 97.0 cm³/mol. The third kappa shape index (κ3) is 4.05. The summed E-state index contributed by atoms with van der Waals surface area (Å²) in [5, 5.41) is 25.1. The van der Waals surface area contributed by atoms with E-state index in [2.05, 4.69) is 21.9 Å². The fourth-order valence-corrected chi connectivity index (χ4v) is 3.47. The zero-order chi connectivity index (χ0) is 18.7. The summed E-state index contributed by atoms with van der Waals surface area (Å²) in [4.78, 5) is 24.8. The summed E-state index contributed by atoms with van der Waals surface area (Å²) >= 11 is 0. The number of hydrogen-bond acceptors (Lipinski definition) is 7. The number of carboxylic acids is 1. The maximum atomic E-state index is 11.3. The van der Waals surface area contributed by atoms with Crippen molar-refractivity contribution in [3.05, 3.63) is 46.5 Å². The number of aliphatic hydroxyl groups excluding tert-OH is 1. The largest absolute Gasteiger partial charge is 0.570 e. The summed E-state index contributed by atoms with van der Waals surface area (Å²) < 4.78 is 5.58. The minimum absolute atomic E-state index is 0.0281. The molecule has 26 heavy (non-hydrogen) atoms. The molecule has 1 aromatic rings. The molecule has 2 aliphatic heterocycles. The number of piperidine rings is 1. The average Bonchev–Trinajstić information content (AvgIpc) is 2.62. The van der Waals surface area contributed by atoms with E-state index in [0.717, 1.165) is 37.2 Å². The van der Waals surface area contributed by atoms with Crippen molar-refractivity contribution in [2.75, 3.05) is 19.6 Å². The molecule has 1 atom stereocenters. The van der Waals surface area contributed by atoms with E-state index in [0.29, 0.717) is 13.0 Å². The van der Waals surface area contributed by atoms with E-state index in [1.807, 2.05) is 0 Å². The summed E-state index contributed by atoms with van der Waals surface area (Å²) in [7, 11) is -1.03. The van der Waals surface area contributed by atoms with Crippen molar-refractivity contribution in [2.24, 2.45) is 5.09 Å². The van der Waals surface area contributed by atoms with Gasteiger partial charge in [-0.05, 0) is 30.9 Å². The van der Waals surface area contributed by atoms with E-state index in [1.165, 1.54) is 6.07 Å². The number of nitrogens with zero attached hydrogens (tertiary/aromatic N) is 2. The smallest absolute Gasteiger partial charge is 0.536 e. The van der Waals surface area contributed by atoms with Crippen LogP contribution in [0, 0.1) is 4.91 Å². The quantitative estimate of drug-likeness (QED) is 0.514. The van der Waals surface area contributed by atoms with Crippen LogP contribution >= 0.6 is 0 Å². The van der Waals surface area contributed by atoms with Gasteiger partial charge in [-0.25, -0.2) is 4.79 Å². The van der Waals surface area contributed by atoms with Gasteiger partial charge in [0.2, 0.25) is 0 Å². The van der Waals surface area contributed by atoms with Crippen LogP contribution in [0.1, 0.15) is 28.8 Å². The van der Waals surface area contributed by atoms with Crippen molar-refractivity contribution in [3.63, 3.8) is 0 Å². The van der Waals surface area contributed by atoms with E-state index < -0.39 is 19.0 Å². The molecule has 9 heteroatoms. The second kappa shape index (κ2) is 7.88. The standard InChI is InChI=1S/C17H22BN3O5/c1-11(10-21-7-5-13(22)6-8-21)19-15-9-12-3-2-4-14(17(23)24)16(12)26-18(15)20-25/h2-4,13,15,19,22H,1,5-10H2,(H,23,24). The number of rotatable bonds is 6. The van der Waals surface area contributed by atoms with Crippen LogP contribution in [0.5, 0.6) is 5.75 Å². The van der Waals surface area contributed by atoms with Gasteiger partial charge in [0, 0.05) is 25.3 Å². The second-order valence-electron chi connectivity index (χ2n) is 6.78. The Morgan fingerprint density at radius 1 is 1.42 bits per heavy atom. The Hall–Kier alpha value is -2.39. The van der Waals surface area contributed by atoms with E-state index in [-0.39, 0.29) is 17.4 Å². The third-order valence-corrected chi connectivity index (χ3v) is 4.81. The molecule has 138 valence electrons. The number of carbonyl (C=O) groups is 1. The summed E-state index contributed by atoms with van der Waals surface area (Å²) in [5.74, 6) is -1.31. The molecule has 1 saturated heterocycles. The summed E-state index contributed by atoms with van der Waals surface area (Å²) in [6.07, 6.45) is 1.67. The van der Waals surface area contributed by atoms with Gasteiger partial charge in [-0.1, -0.05) is 23.8 Å². The van der Waals surface area contributed by atoms with Crippen LogP contribution in [0.25, 0.3) is 0 Å². The fourth-order valence-electron chi connectivity index (χ4n) is 3.47. The van der Waals surface area contributed by atoms with Crippen molar-refractivity contribution in [2.45, 2.75) is 31.3 Å². The molecular weight excluding hydrogens is 337 g/mol. The van der Waals surface area contributed by atoms with Crippen LogP contribution in [-0.2, 0) is 6.42 Å². The van der Waals surface area contributed by atoms with E-state index in [1.54, 1.807) is 12.1 Å². The maximum absolute atomic E-state index is 11.3. The highest BCUT2D eigenvalue weighted by atomic mass is 16.5. The molecular formula is C17H22BN3O5. The van der Waals surface area contributed by atoms with Crippen molar-refractivity contribution in [1.29, 1.82) is 0 Å². The second-order valence-corrected chi connectivity index (χ2v) is 6.78. The molecule has 0 aliphatic carbocycles. The SMILES string of the molecule is C=C(CN1CCC(O)CC1)NC1Cc2cccc(C(=O)O)c2OB1N=O. The highest BCUT2D eigenvalue weighted by Gasteiger charge is 2.39. The van der Waals surface area contributed by atoms with Crippen LogP contribution in [-0.4, -0.2) is 59.8 Å². The van der Waals surface area contributed by atoms with Gasteiger partial charge in [-0.15, -0.1) is 0 Å². The lowest BCUT2D eigenvalue weighted by Crippen LogP contribution is -2.51. The van der Waals surface area contributed by atoms with Crippen LogP contribution in [0.2, 0.25) is 0 Å². The highest BCUT2D eigenvalue weighted by Crippen LogP contribution is 2.31. The number of nitrogens with one attached hydrogen (secondary N) is 1. The van der Waals surface area contributed by atoms with E-state index in [4.69, 9.17) is 4.65 Å². The van der Waals surface area contributed by atoms with Crippen LogP contribution in [0.15, 0.2) is 35.6 Å². The molecule has 0 radical (unpaired) electrons. The maximum Gasteiger partial charge on any atom is 0.570 e. The van der Waals surface area contributed by atoms with Crippen molar-refractivity contribution in [1.82, 2.24) is 10.2 Å². The van der Waals surface area contributed by atoms with Crippen LogP contribution < -0.4 is 9.97 Å². The molecule has 0 spiro atoms. The molecule has 0 aromatic heterocycles. The first-order chi connectivity index (χ1) is 12.5. The predicted octanol–water partition coefficient (Wildman–Crippen LogP) is 1.04. The Balaban J connectivity index is 1.66. The first-order valence-electron chi connectivity index (χ1n) is 8.67. The summed E-state index contributed by atoms with van der Waals surface area (Å²) in [6.45, 7) is 6.22. The number of likely N-dealkylation sites (tertiary alicyclic amines) is 1. The topological polar surface area (TPSA) is 111 Å². The third-order valence-electron chi connectivity index (χ3n) is 4.81. The summed E-state index contributed by atoms with van der Waals surface area (Å²) in [6, 6.07) is 4.89. The van der Waals surface area contributed by atoms with Gasteiger partial charge < -0.3 is 20.2 Å². The van der Waals surface area contributed by atoms with Gasteiger partial charge in [0.1, 0.15) is 5.75 Å². The minimum Gasteiger partial charge on any atom is -0.536 e. The van der Waals surface area contributed by atoms with Crippen molar-refractivity contribution < 1.29 is 19.7 Å². The highest BCUT2D eigenvalue weighted by molar-refractivity contribution is 6.53. The lowest BCUT2D eigenvalue weighted by molar-refractivity contribution is 0.0694. The normalized spacial score (nSPS) is 20.8. The Morgan fingerprint density at radius 3 is 2.81 bits per heavy atom. The first-order valence-corrected chi connectivity index (χ1v) is 8.67. The number of aromatic carboxylic acids is 1. The molecule has 3 N–H and O–H groups in total. The number of benzene rings is 1. The van der Waals surface area contributed by atoms with Gasteiger partial charge >= 0.3 is 13.0 Å². The molecule has 2 heterocycles. The minimum atomic E-state index is -1.10. The van der Waals surface area contributed by atoms with Crippen molar-refractivity contribution in [3.8, 4) is 5.75 Å². The lowest BCUT2D eigenvalue weighted by atomic mass is 9.68. The molecule has 1 aromatic carbocycles. The number of para-hydroxylation sites is 1.